The second-order valence-corrected chi connectivity index (χ2v) is 5.06. The predicted molar refractivity (Wildman–Crippen MR) is 66.0 cm³/mol. The van der Waals surface area contributed by atoms with Gasteiger partial charge in [0.2, 0.25) is 0 Å². The van der Waals surface area contributed by atoms with Crippen molar-refractivity contribution in [2.75, 3.05) is 0 Å². The van der Waals surface area contributed by atoms with Crippen LogP contribution in [0.4, 0.5) is 11.4 Å². The molecule has 1 aliphatic carbocycles. The normalized spacial score (nSPS) is 26.1. The molecular formula is C13H14N2O2. The number of non-ortho nitro benzene ring substituents is 1. The Labute approximate surface area is 99.5 Å². The van der Waals surface area contributed by atoms with Gasteiger partial charge in [0, 0.05) is 23.3 Å². The maximum absolute atomic E-state index is 10.8. The number of benzene rings is 1. The maximum atomic E-state index is 10.8. The number of nitro benzene ring substituents is 1. The minimum atomic E-state index is -0.329. The van der Waals surface area contributed by atoms with Gasteiger partial charge in [0.15, 0.2) is 0 Å². The molecule has 4 nitrogen and oxygen atoms in total. The van der Waals surface area contributed by atoms with Crippen LogP contribution >= 0.6 is 0 Å². The molecule has 1 aromatic rings. The summed E-state index contributed by atoms with van der Waals surface area (Å²) in [7, 11) is 0. The number of hydrogen-bond donors (Lipinski definition) is 0. The van der Waals surface area contributed by atoms with Crippen molar-refractivity contribution in [3.8, 4) is 0 Å². The van der Waals surface area contributed by atoms with Crippen LogP contribution in [-0.4, -0.2) is 10.6 Å². The molecule has 0 amide bonds. The van der Waals surface area contributed by atoms with Crippen molar-refractivity contribution in [2.45, 2.75) is 38.0 Å². The fourth-order valence-electron chi connectivity index (χ4n) is 2.98. The Bertz CT molecular complexity index is 536. The number of nitro groups is 1. The first-order valence-electron chi connectivity index (χ1n) is 5.98. The van der Waals surface area contributed by atoms with Crippen LogP contribution in [0.2, 0.25) is 0 Å². The van der Waals surface area contributed by atoms with E-state index in [4.69, 9.17) is 0 Å². The van der Waals surface area contributed by atoms with E-state index >= 15 is 0 Å². The Morgan fingerprint density at radius 3 is 3.00 bits per heavy atom. The van der Waals surface area contributed by atoms with E-state index in [-0.39, 0.29) is 16.0 Å². The monoisotopic (exact) mass is 230 g/mol. The maximum Gasteiger partial charge on any atom is 0.269 e. The van der Waals surface area contributed by atoms with Gasteiger partial charge >= 0.3 is 0 Å². The molecule has 2 aliphatic rings. The van der Waals surface area contributed by atoms with Gasteiger partial charge in [-0.3, -0.25) is 15.1 Å². The fraction of sp³-hybridized carbons (Fsp3) is 0.462. The lowest BCUT2D eigenvalue weighted by Crippen LogP contribution is -2.32. The van der Waals surface area contributed by atoms with Crippen LogP contribution < -0.4 is 0 Å². The van der Waals surface area contributed by atoms with Gasteiger partial charge in [-0.1, -0.05) is 13.3 Å². The summed E-state index contributed by atoms with van der Waals surface area (Å²) in [6.07, 6.45) is 4.45. The predicted octanol–water partition coefficient (Wildman–Crippen LogP) is 3.51. The van der Waals surface area contributed by atoms with Crippen molar-refractivity contribution in [2.24, 2.45) is 4.99 Å². The summed E-state index contributed by atoms with van der Waals surface area (Å²) in [6.45, 7) is 2.17. The van der Waals surface area contributed by atoms with Gasteiger partial charge in [-0.25, -0.2) is 0 Å². The number of fused-ring (bicyclic) bond motifs is 3. The molecule has 3 rings (SSSR count). The van der Waals surface area contributed by atoms with E-state index in [1.54, 1.807) is 18.2 Å². The highest BCUT2D eigenvalue weighted by atomic mass is 16.6. The third-order valence-corrected chi connectivity index (χ3v) is 4.02. The molecule has 0 spiro atoms. The van der Waals surface area contributed by atoms with Crippen molar-refractivity contribution in [3.05, 3.63) is 33.9 Å². The lowest BCUT2D eigenvalue weighted by atomic mass is 9.71. The standard InChI is InChI=1S/C13H14N2O2/c1-13-7-3-2-4-12(13)14-11-6-5-9(15(16)17)8-10(11)13/h5-6,8H,2-4,7H2,1H3/t13-/m1/s1. The smallest absolute Gasteiger partial charge is 0.258 e. The molecule has 1 saturated carbocycles. The van der Waals surface area contributed by atoms with Crippen molar-refractivity contribution in [3.63, 3.8) is 0 Å². The van der Waals surface area contributed by atoms with Crippen molar-refractivity contribution in [1.29, 1.82) is 0 Å². The first-order valence-corrected chi connectivity index (χ1v) is 5.98. The molecule has 0 unspecified atom stereocenters. The molecule has 0 bridgehead atoms. The molecule has 0 N–H and O–H groups in total. The Morgan fingerprint density at radius 1 is 1.41 bits per heavy atom. The van der Waals surface area contributed by atoms with Gasteiger partial charge in [0.1, 0.15) is 0 Å². The summed E-state index contributed by atoms with van der Waals surface area (Å²) in [5.74, 6) is 0. The molecular weight excluding hydrogens is 216 g/mol. The number of aliphatic imine (C=N–C) groups is 1. The summed E-state index contributed by atoms with van der Waals surface area (Å²) in [4.78, 5) is 15.1. The van der Waals surface area contributed by atoms with E-state index in [1.165, 1.54) is 18.6 Å². The van der Waals surface area contributed by atoms with Crippen LogP contribution in [0, 0.1) is 10.1 Å². The molecule has 88 valence electrons. The summed E-state index contributed by atoms with van der Waals surface area (Å²) in [5.41, 5.74) is 3.29. The largest absolute Gasteiger partial charge is 0.269 e. The molecule has 1 atom stereocenters. The molecule has 0 saturated heterocycles. The van der Waals surface area contributed by atoms with Crippen molar-refractivity contribution < 1.29 is 4.92 Å². The molecule has 4 heteroatoms. The average molecular weight is 230 g/mol. The Morgan fingerprint density at radius 2 is 2.24 bits per heavy atom. The van der Waals surface area contributed by atoms with Crippen molar-refractivity contribution in [1.82, 2.24) is 0 Å². The highest BCUT2D eigenvalue weighted by molar-refractivity contribution is 6.02. The minimum Gasteiger partial charge on any atom is -0.258 e. The van der Waals surface area contributed by atoms with Crippen LogP contribution in [0.1, 0.15) is 38.2 Å². The third-order valence-electron chi connectivity index (χ3n) is 4.02. The Balaban J connectivity index is 2.14. The topological polar surface area (TPSA) is 55.5 Å². The highest BCUT2D eigenvalue weighted by Gasteiger charge is 2.41. The first-order chi connectivity index (χ1) is 8.11. The van der Waals surface area contributed by atoms with E-state index in [1.807, 2.05) is 0 Å². The second-order valence-electron chi connectivity index (χ2n) is 5.06. The molecule has 1 aromatic carbocycles. The van der Waals surface area contributed by atoms with Crippen molar-refractivity contribution >= 4 is 17.1 Å². The fourth-order valence-corrected chi connectivity index (χ4v) is 2.98. The number of hydrogen-bond acceptors (Lipinski definition) is 3. The highest BCUT2D eigenvalue weighted by Crippen LogP contribution is 2.47. The first kappa shape index (κ1) is 10.4. The lowest BCUT2D eigenvalue weighted by Gasteiger charge is -2.31. The van der Waals surface area contributed by atoms with Gasteiger partial charge in [0.05, 0.1) is 10.6 Å². The van der Waals surface area contributed by atoms with Crippen LogP contribution in [-0.2, 0) is 5.41 Å². The van der Waals surface area contributed by atoms with Crippen LogP contribution in [0.3, 0.4) is 0 Å². The molecule has 0 aromatic heterocycles. The SMILES string of the molecule is C[C@]12CCCCC1=Nc1ccc([N+](=O)[O-])cc12. The minimum absolute atomic E-state index is 0.0559. The van der Waals surface area contributed by atoms with Gasteiger partial charge in [-0.05, 0) is 30.9 Å². The zero-order valence-corrected chi connectivity index (χ0v) is 9.77. The molecule has 0 radical (unpaired) electrons. The van der Waals surface area contributed by atoms with Crippen LogP contribution in [0.15, 0.2) is 23.2 Å². The summed E-state index contributed by atoms with van der Waals surface area (Å²) < 4.78 is 0. The lowest BCUT2D eigenvalue weighted by molar-refractivity contribution is -0.384. The Kier molecular flexibility index (Phi) is 2.08. The van der Waals surface area contributed by atoms with E-state index in [9.17, 15) is 10.1 Å². The Hall–Kier alpha value is -1.71. The quantitative estimate of drug-likeness (QED) is 0.547. The number of rotatable bonds is 1. The zero-order chi connectivity index (χ0) is 12.0. The van der Waals surface area contributed by atoms with Gasteiger partial charge in [-0.15, -0.1) is 0 Å². The summed E-state index contributed by atoms with van der Waals surface area (Å²) in [6, 6.07) is 5.03. The van der Waals surface area contributed by atoms with Gasteiger partial charge in [0.25, 0.3) is 5.69 Å². The van der Waals surface area contributed by atoms with Crippen LogP contribution in [0.5, 0.6) is 0 Å². The molecule has 17 heavy (non-hydrogen) atoms. The molecule has 1 heterocycles. The third kappa shape index (κ3) is 1.40. The molecule has 1 fully saturated rings. The average Bonchev–Trinajstić information content (AvgIpc) is 2.61. The van der Waals surface area contributed by atoms with Gasteiger partial charge in [-0.2, -0.15) is 0 Å². The number of nitrogens with zero attached hydrogens (tertiary/aromatic N) is 2. The van der Waals surface area contributed by atoms with E-state index in [2.05, 4.69) is 11.9 Å². The van der Waals surface area contributed by atoms with E-state index < -0.39 is 0 Å². The summed E-state index contributed by atoms with van der Waals surface area (Å²) >= 11 is 0. The molecule has 1 aliphatic heterocycles. The van der Waals surface area contributed by atoms with Gasteiger partial charge < -0.3 is 0 Å². The van der Waals surface area contributed by atoms with E-state index in [0.717, 1.165) is 24.1 Å². The summed E-state index contributed by atoms with van der Waals surface area (Å²) in [5, 5.41) is 10.8. The van der Waals surface area contributed by atoms with Crippen LogP contribution in [0.25, 0.3) is 0 Å². The second kappa shape index (κ2) is 3.39. The van der Waals surface area contributed by atoms with E-state index in [0.29, 0.717) is 0 Å². The zero-order valence-electron chi connectivity index (χ0n) is 9.77.